The number of anilines is 1. The number of aryl methyl sites for hydroxylation is 2. The van der Waals surface area contributed by atoms with E-state index in [2.05, 4.69) is 5.32 Å². The topological polar surface area (TPSA) is 66.4 Å². The lowest BCUT2D eigenvalue weighted by atomic mass is 10.1. The minimum absolute atomic E-state index is 0.0191. The summed E-state index contributed by atoms with van der Waals surface area (Å²) in [6.07, 6.45) is 0.379. The lowest BCUT2D eigenvalue weighted by Gasteiger charge is -2.26. The molecule has 4 nitrogen and oxygen atoms in total. The molecule has 2 N–H and O–H groups in total. The van der Waals surface area contributed by atoms with Crippen LogP contribution in [0.3, 0.4) is 0 Å². The van der Waals surface area contributed by atoms with Gasteiger partial charge in [0.2, 0.25) is 5.91 Å². The number of hydrogen-bond donors (Lipinski definition) is 2. The number of aliphatic carboxylic acids is 1. The van der Waals surface area contributed by atoms with Crippen molar-refractivity contribution in [3.8, 4) is 0 Å². The quantitative estimate of drug-likeness (QED) is 0.881. The van der Waals surface area contributed by atoms with Crippen LogP contribution in [-0.2, 0) is 9.59 Å². The Balaban J connectivity index is 2.24. The molecule has 2 rings (SSSR count). The fourth-order valence-corrected chi connectivity index (χ4v) is 3.21. The van der Waals surface area contributed by atoms with Crippen LogP contribution in [0.25, 0.3) is 0 Å². The van der Waals surface area contributed by atoms with Crippen molar-refractivity contribution in [1.29, 1.82) is 0 Å². The molecule has 1 heterocycles. The molecular weight excluding hydrogens is 250 g/mol. The summed E-state index contributed by atoms with van der Waals surface area (Å²) in [6, 6.07) is 4.00. The summed E-state index contributed by atoms with van der Waals surface area (Å²) >= 11 is 1.47. The van der Waals surface area contributed by atoms with E-state index in [4.69, 9.17) is 5.11 Å². The van der Waals surface area contributed by atoms with Gasteiger partial charge in [0.05, 0.1) is 10.9 Å². The molecule has 0 spiro atoms. The number of hydrogen-bond acceptors (Lipinski definition) is 3. The number of nitrogens with one attached hydrogen (secondary N) is 1. The van der Waals surface area contributed by atoms with Crippen LogP contribution in [0.2, 0.25) is 0 Å². The average Bonchev–Trinajstić information content (AvgIpc) is 2.32. The third-order valence-corrected chi connectivity index (χ3v) is 4.48. The normalized spacial score (nSPS) is 18.1. The van der Waals surface area contributed by atoms with Crippen LogP contribution in [0.1, 0.15) is 24.0 Å². The maximum atomic E-state index is 11.9. The molecule has 18 heavy (non-hydrogen) atoms. The van der Waals surface area contributed by atoms with Crippen LogP contribution in [0.4, 0.5) is 5.69 Å². The number of thioether (sulfide) groups is 1. The van der Waals surface area contributed by atoms with E-state index in [0.717, 1.165) is 21.7 Å². The molecule has 1 aliphatic heterocycles. The second-order valence-electron chi connectivity index (χ2n) is 4.43. The van der Waals surface area contributed by atoms with E-state index in [1.165, 1.54) is 11.8 Å². The van der Waals surface area contributed by atoms with Crippen molar-refractivity contribution < 1.29 is 14.7 Å². The zero-order valence-electron chi connectivity index (χ0n) is 10.3. The third-order valence-electron chi connectivity index (χ3n) is 2.98. The fourth-order valence-electron chi connectivity index (χ4n) is 1.94. The molecule has 0 fully saturated rings. The molecule has 1 atom stereocenters. The molecule has 0 bridgehead atoms. The SMILES string of the molecule is Cc1ccc(C)c2c1NC(=O)C(CCC(=O)O)S2. The second kappa shape index (κ2) is 5.02. The standard InChI is InChI=1S/C13H15NO3S/c1-7-3-4-8(2)12-11(7)14-13(17)9(18-12)5-6-10(15)16/h3-4,9H,5-6H2,1-2H3,(H,14,17)(H,15,16). The Bertz CT molecular complexity index is 513. The number of amides is 1. The van der Waals surface area contributed by atoms with Crippen LogP contribution in [-0.4, -0.2) is 22.2 Å². The Morgan fingerprint density at radius 1 is 1.39 bits per heavy atom. The highest BCUT2D eigenvalue weighted by molar-refractivity contribution is 8.01. The van der Waals surface area contributed by atoms with Crippen LogP contribution < -0.4 is 5.32 Å². The van der Waals surface area contributed by atoms with Crippen molar-refractivity contribution in [3.63, 3.8) is 0 Å². The zero-order valence-corrected chi connectivity index (χ0v) is 11.1. The van der Waals surface area contributed by atoms with Crippen molar-refractivity contribution in [2.75, 3.05) is 5.32 Å². The highest BCUT2D eigenvalue weighted by Gasteiger charge is 2.29. The van der Waals surface area contributed by atoms with Crippen molar-refractivity contribution in [1.82, 2.24) is 0 Å². The van der Waals surface area contributed by atoms with Gasteiger partial charge in [0, 0.05) is 11.3 Å². The molecule has 1 unspecified atom stereocenters. The molecule has 0 aromatic heterocycles. The summed E-state index contributed by atoms with van der Waals surface area (Å²) in [5.41, 5.74) is 3.02. The van der Waals surface area contributed by atoms with E-state index in [-0.39, 0.29) is 17.6 Å². The van der Waals surface area contributed by atoms with Gasteiger partial charge in [0.25, 0.3) is 0 Å². The molecule has 1 aromatic rings. The van der Waals surface area contributed by atoms with Crippen LogP contribution in [0, 0.1) is 13.8 Å². The van der Waals surface area contributed by atoms with Gasteiger partial charge in [-0.1, -0.05) is 12.1 Å². The van der Waals surface area contributed by atoms with Crippen molar-refractivity contribution in [2.45, 2.75) is 36.8 Å². The minimum Gasteiger partial charge on any atom is -0.481 e. The Hall–Kier alpha value is -1.49. The summed E-state index contributed by atoms with van der Waals surface area (Å²) in [5, 5.41) is 11.3. The van der Waals surface area contributed by atoms with Gasteiger partial charge in [-0.2, -0.15) is 0 Å². The van der Waals surface area contributed by atoms with Gasteiger partial charge in [0.1, 0.15) is 0 Å². The number of carboxylic acids is 1. The highest BCUT2D eigenvalue weighted by Crippen LogP contribution is 2.41. The lowest BCUT2D eigenvalue weighted by Crippen LogP contribution is -2.30. The van der Waals surface area contributed by atoms with Gasteiger partial charge in [-0.05, 0) is 31.4 Å². The Kier molecular flexibility index (Phi) is 3.61. The number of benzene rings is 1. The smallest absolute Gasteiger partial charge is 0.303 e. The first-order chi connectivity index (χ1) is 8.49. The Morgan fingerprint density at radius 2 is 2.06 bits per heavy atom. The number of carbonyl (C=O) groups is 2. The van der Waals surface area contributed by atoms with E-state index < -0.39 is 5.97 Å². The van der Waals surface area contributed by atoms with Crippen LogP contribution >= 0.6 is 11.8 Å². The van der Waals surface area contributed by atoms with Gasteiger partial charge < -0.3 is 10.4 Å². The molecule has 5 heteroatoms. The van der Waals surface area contributed by atoms with E-state index in [0.29, 0.717) is 6.42 Å². The Labute approximate surface area is 110 Å². The molecule has 1 amide bonds. The van der Waals surface area contributed by atoms with Crippen molar-refractivity contribution >= 4 is 29.3 Å². The van der Waals surface area contributed by atoms with E-state index in [1.54, 1.807) is 0 Å². The maximum absolute atomic E-state index is 11.9. The first-order valence-corrected chi connectivity index (χ1v) is 6.66. The number of carboxylic acid groups (broad SMARTS) is 1. The first-order valence-electron chi connectivity index (χ1n) is 5.78. The molecule has 0 saturated carbocycles. The van der Waals surface area contributed by atoms with Crippen LogP contribution in [0.15, 0.2) is 17.0 Å². The van der Waals surface area contributed by atoms with Gasteiger partial charge in [-0.3, -0.25) is 9.59 Å². The lowest BCUT2D eigenvalue weighted by molar-refractivity contribution is -0.137. The van der Waals surface area contributed by atoms with Crippen LogP contribution in [0.5, 0.6) is 0 Å². The van der Waals surface area contributed by atoms with Gasteiger partial charge in [-0.25, -0.2) is 0 Å². The molecule has 0 radical (unpaired) electrons. The minimum atomic E-state index is -0.866. The van der Waals surface area contributed by atoms with Crippen molar-refractivity contribution in [2.24, 2.45) is 0 Å². The zero-order chi connectivity index (χ0) is 13.3. The highest BCUT2D eigenvalue weighted by atomic mass is 32.2. The summed E-state index contributed by atoms with van der Waals surface area (Å²) < 4.78 is 0. The van der Waals surface area contributed by atoms with Gasteiger partial charge >= 0.3 is 5.97 Å². The molecule has 0 saturated heterocycles. The maximum Gasteiger partial charge on any atom is 0.303 e. The largest absolute Gasteiger partial charge is 0.481 e. The number of carbonyl (C=O) groups excluding carboxylic acids is 1. The van der Waals surface area contributed by atoms with E-state index in [9.17, 15) is 9.59 Å². The van der Waals surface area contributed by atoms with Gasteiger partial charge in [0.15, 0.2) is 0 Å². The molecular formula is C13H15NO3S. The van der Waals surface area contributed by atoms with E-state index in [1.807, 2.05) is 26.0 Å². The summed E-state index contributed by atoms with van der Waals surface area (Å²) in [5.74, 6) is -0.961. The summed E-state index contributed by atoms with van der Waals surface area (Å²) in [6.45, 7) is 3.95. The van der Waals surface area contributed by atoms with Gasteiger partial charge in [-0.15, -0.1) is 11.8 Å². The molecule has 1 aliphatic rings. The first kappa shape index (κ1) is 13.0. The predicted molar refractivity (Wildman–Crippen MR) is 71.1 cm³/mol. The summed E-state index contributed by atoms with van der Waals surface area (Å²) in [7, 11) is 0. The second-order valence-corrected chi connectivity index (χ2v) is 5.64. The molecule has 96 valence electrons. The van der Waals surface area contributed by atoms with Crippen molar-refractivity contribution in [3.05, 3.63) is 23.3 Å². The predicted octanol–water partition coefficient (Wildman–Crippen LogP) is 2.58. The molecule has 0 aliphatic carbocycles. The molecule has 1 aromatic carbocycles. The van der Waals surface area contributed by atoms with E-state index >= 15 is 0 Å². The third kappa shape index (κ3) is 2.51. The monoisotopic (exact) mass is 265 g/mol. The number of fused-ring (bicyclic) bond motifs is 1. The summed E-state index contributed by atoms with van der Waals surface area (Å²) in [4.78, 5) is 23.5. The fraction of sp³-hybridized carbons (Fsp3) is 0.385. The average molecular weight is 265 g/mol. The number of rotatable bonds is 3. The Morgan fingerprint density at radius 3 is 2.72 bits per heavy atom.